The molecule has 0 spiro atoms. The molecular formula is C12H13BrClN3O. The van der Waals surface area contributed by atoms with Crippen LogP contribution < -0.4 is 0 Å². The van der Waals surface area contributed by atoms with Crippen molar-refractivity contribution >= 4 is 27.5 Å². The number of halogens is 2. The Bertz CT molecular complexity index is 513. The first kappa shape index (κ1) is 13.5. The van der Waals surface area contributed by atoms with E-state index in [1.54, 1.807) is 7.11 Å². The summed E-state index contributed by atoms with van der Waals surface area (Å²) in [6.45, 7) is 1.13. The Morgan fingerprint density at radius 3 is 2.67 bits per heavy atom. The molecule has 2 rings (SSSR count). The fourth-order valence-corrected chi connectivity index (χ4v) is 2.13. The van der Waals surface area contributed by atoms with Gasteiger partial charge in [0.1, 0.15) is 5.69 Å². The van der Waals surface area contributed by atoms with Crippen molar-refractivity contribution in [3.8, 4) is 0 Å². The first-order valence-corrected chi connectivity index (χ1v) is 6.78. The van der Waals surface area contributed by atoms with Crippen LogP contribution in [0.5, 0.6) is 0 Å². The number of benzene rings is 1. The highest BCUT2D eigenvalue weighted by molar-refractivity contribution is 9.10. The number of hydrogen-bond acceptors (Lipinski definition) is 3. The van der Waals surface area contributed by atoms with Gasteiger partial charge in [0, 0.05) is 11.6 Å². The molecule has 1 aromatic carbocycles. The summed E-state index contributed by atoms with van der Waals surface area (Å²) < 4.78 is 8.04. The Balaban J connectivity index is 2.22. The summed E-state index contributed by atoms with van der Waals surface area (Å²) in [6, 6.07) is 8.10. The van der Waals surface area contributed by atoms with Gasteiger partial charge < -0.3 is 4.74 Å². The highest BCUT2D eigenvalue weighted by atomic mass is 79.9. The molecule has 1 aromatic heterocycles. The first-order chi connectivity index (χ1) is 8.74. The van der Waals surface area contributed by atoms with Gasteiger partial charge in [0.2, 0.25) is 0 Å². The minimum atomic E-state index is 0.346. The molecule has 0 aliphatic carbocycles. The van der Waals surface area contributed by atoms with E-state index >= 15 is 0 Å². The third-order valence-corrected chi connectivity index (χ3v) is 3.35. The minimum Gasteiger partial charge on any atom is -0.378 e. The Morgan fingerprint density at radius 2 is 2.06 bits per heavy atom. The van der Waals surface area contributed by atoms with E-state index < -0.39 is 0 Å². The summed E-state index contributed by atoms with van der Waals surface area (Å²) in [5, 5.41) is 8.17. The van der Waals surface area contributed by atoms with Gasteiger partial charge >= 0.3 is 0 Å². The van der Waals surface area contributed by atoms with Crippen LogP contribution in [0.2, 0.25) is 0 Å². The van der Waals surface area contributed by atoms with Crippen LogP contribution in [0.3, 0.4) is 0 Å². The molecule has 0 radical (unpaired) electrons. The quantitative estimate of drug-likeness (QED) is 0.791. The van der Waals surface area contributed by atoms with Crippen molar-refractivity contribution in [2.45, 2.75) is 19.0 Å². The zero-order chi connectivity index (χ0) is 13.0. The van der Waals surface area contributed by atoms with Crippen LogP contribution >= 0.6 is 27.5 Å². The van der Waals surface area contributed by atoms with Crippen LogP contribution in [-0.2, 0) is 23.8 Å². The minimum absolute atomic E-state index is 0.346. The second-order valence-corrected chi connectivity index (χ2v) is 5.02. The molecule has 96 valence electrons. The summed E-state index contributed by atoms with van der Waals surface area (Å²) in [7, 11) is 1.65. The number of nitrogens with zero attached hydrogens (tertiary/aromatic N) is 3. The molecule has 0 N–H and O–H groups in total. The molecule has 1 heterocycles. The van der Waals surface area contributed by atoms with E-state index in [-0.39, 0.29) is 0 Å². The van der Waals surface area contributed by atoms with Gasteiger partial charge in [0.15, 0.2) is 0 Å². The van der Waals surface area contributed by atoms with Gasteiger partial charge in [-0.05, 0) is 17.7 Å². The highest BCUT2D eigenvalue weighted by Crippen LogP contribution is 2.14. The molecule has 0 saturated heterocycles. The third kappa shape index (κ3) is 3.10. The lowest BCUT2D eigenvalue weighted by atomic mass is 10.2. The number of ether oxygens (including phenoxy) is 1. The molecule has 0 aliphatic heterocycles. The van der Waals surface area contributed by atoms with Crippen molar-refractivity contribution in [1.29, 1.82) is 0 Å². The molecule has 0 atom stereocenters. The Labute approximate surface area is 119 Å². The second kappa shape index (κ2) is 6.31. The summed E-state index contributed by atoms with van der Waals surface area (Å²) in [5.74, 6) is 0.346. The topological polar surface area (TPSA) is 39.9 Å². The van der Waals surface area contributed by atoms with E-state index in [4.69, 9.17) is 16.3 Å². The molecule has 0 aliphatic rings. The normalized spacial score (nSPS) is 10.8. The van der Waals surface area contributed by atoms with Crippen LogP contribution in [0, 0.1) is 0 Å². The molecule has 0 unspecified atom stereocenters. The molecular weight excluding hydrogens is 318 g/mol. The molecule has 0 amide bonds. The van der Waals surface area contributed by atoms with E-state index in [1.807, 2.05) is 28.9 Å². The van der Waals surface area contributed by atoms with Gasteiger partial charge in [-0.1, -0.05) is 33.3 Å². The molecule has 0 bridgehead atoms. The van der Waals surface area contributed by atoms with E-state index in [0.29, 0.717) is 19.0 Å². The molecule has 18 heavy (non-hydrogen) atoms. The van der Waals surface area contributed by atoms with E-state index in [9.17, 15) is 0 Å². The van der Waals surface area contributed by atoms with Crippen molar-refractivity contribution in [3.63, 3.8) is 0 Å². The summed E-state index contributed by atoms with van der Waals surface area (Å²) in [5.41, 5.74) is 2.85. The number of rotatable bonds is 5. The largest absolute Gasteiger partial charge is 0.378 e. The lowest BCUT2D eigenvalue weighted by molar-refractivity contribution is 0.176. The van der Waals surface area contributed by atoms with Crippen LogP contribution in [0.25, 0.3) is 0 Å². The van der Waals surface area contributed by atoms with Gasteiger partial charge in [-0.15, -0.1) is 16.7 Å². The highest BCUT2D eigenvalue weighted by Gasteiger charge is 2.11. The van der Waals surface area contributed by atoms with Crippen LogP contribution in [0.15, 0.2) is 28.7 Å². The van der Waals surface area contributed by atoms with E-state index in [1.165, 1.54) is 0 Å². The SMILES string of the molecule is COCc1c(CCl)nnn1Cc1ccc(Br)cc1. The molecule has 0 saturated carbocycles. The van der Waals surface area contributed by atoms with Gasteiger partial charge in [-0.3, -0.25) is 0 Å². The standard InChI is InChI=1S/C12H13BrClN3O/c1-18-8-12-11(6-14)15-16-17(12)7-9-2-4-10(13)5-3-9/h2-5H,6-8H2,1H3. The Morgan fingerprint density at radius 1 is 1.33 bits per heavy atom. The molecule has 2 aromatic rings. The number of aromatic nitrogens is 3. The average Bonchev–Trinajstić information content (AvgIpc) is 2.75. The summed E-state index contributed by atoms with van der Waals surface area (Å²) in [6.07, 6.45) is 0. The lowest BCUT2D eigenvalue weighted by Gasteiger charge is -2.07. The smallest absolute Gasteiger partial charge is 0.103 e. The van der Waals surface area contributed by atoms with E-state index in [0.717, 1.165) is 21.4 Å². The zero-order valence-electron chi connectivity index (χ0n) is 9.94. The number of alkyl halides is 1. The van der Waals surface area contributed by atoms with E-state index in [2.05, 4.69) is 26.2 Å². The van der Waals surface area contributed by atoms with Crippen molar-refractivity contribution in [1.82, 2.24) is 15.0 Å². The Hall–Kier alpha value is -0.910. The number of methoxy groups -OCH3 is 1. The van der Waals surface area contributed by atoms with Crippen LogP contribution in [0.4, 0.5) is 0 Å². The number of hydrogen-bond donors (Lipinski definition) is 0. The predicted molar refractivity (Wildman–Crippen MR) is 73.5 cm³/mol. The van der Waals surface area contributed by atoms with Gasteiger partial charge in [-0.25, -0.2) is 4.68 Å². The fraction of sp³-hybridized carbons (Fsp3) is 0.333. The molecule has 6 heteroatoms. The van der Waals surface area contributed by atoms with Crippen LogP contribution in [-0.4, -0.2) is 22.1 Å². The maximum absolute atomic E-state index is 5.83. The third-order valence-electron chi connectivity index (χ3n) is 2.57. The molecule has 0 fully saturated rings. The zero-order valence-corrected chi connectivity index (χ0v) is 12.3. The Kier molecular flexibility index (Phi) is 4.74. The van der Waals surface area contributed by atoms with Crippen molar-refractivity contribution < 1.29 is 4.74 Å². The van der Waals surface area contributed by atoms with Crippen molar-refractivity contribution in [2.75, 3.05) is 7.11 Å². The lowest BCUT2D eigenvalue weighted by Crippen LogP contribution is -2.08. The first-order valence-electron chi connectivity index (χ1n) is 5.45. The van der Waals surface area contributed by atoms with Gasteiger partial charge in [0.05, 0.1) is 24.7 Å². The van der Waals surface area contributed by atoms with Crippen LogP contribution in [0.1, 0.15) is 17.0 Å². The summed E-state index contributed by atoms with van der Waals surface area (Å²) >= 11 is 9.24. The maximum Gasteiger partial charge on any atom is 0.103 e. The molecule has 4 nitrogen and oxygen atoms in total. The predicted octanol–water partition coefficient (Wildman–Crippen LogP) is 2.97. The van der Waals surface area contributed by atoms with Crippen molar-refractivity contribution in [3.05, 3.63) is 45.7 Å². The second-order valence-electron chi connectivity index (χ2n) is 3.83. The average molecular weight is 331 g/mol. The van der Waals surface area contributed by atoms with Gasteiger partial charge in [-0.2, -0.15) is 0 Å². The van der Waals surface area contributed by atoms with Crippen molar-refractivity contribution in [2.24, 2.45) is 0 Å². The summed E-state index contributed by atoms with van der Waals surface area (Å²) in [4.78, 5) is 0. The fourth-order valence-electron chi connectivity index (χ4n) is 1.66. The monoisotopic (exact) mass is 329 g/mol. The van der Waals surface area contributed by atoms with Gasteiger partial charge in [0.25, 0.3) is 0 Å². The maximum atomic E-state index is 5.83.